The molecule has 1 saturated heterocycles. The lowest BCUT2D eigenvalue weighted by Gasteiger charge is -2.28. The molecule has 3 rings (SSSR count). The summed E-state index contributed by atoms with van der Waals surface area (Å²) < 4.78 is 0. The first-order valence-electron chi connectivity index (χ1n) is 8.98. The Kier molecular flexibility index (Phi) is 6.03. The van der Waals surface area contributed by atoms with Crippen LogP contribution in [0.25, 0.3) is 0 Å². The maximum atomic E-state index is 12.7. The third kappa shape index (κ3) is 4.83. The number of rotatable bonds is 4. The van der Waals surface area contributed by atoms with Crippen LogP contribution < -0.4 is 5.32 Å². The topological polar surface area (TPSA) is 99.1 Å². The quantitative estimate of drug-likeness (QED) is 0.801. The number of carbonyl (C=O) groups excluding carboxylic acids is 2. The summed E-state index contributed by atoms with van der Waals surface area (Å²) in [6.07, 6.45) is 0.0393. The molecule has 1 atom stereocenters. The lowest BCUT2D eigenvalue weighted by atomic mass is 10.1. The Morgan fingerprint density at radius 2 is 1.93 bits per heavy atom. The van der Waals surface area contributed by atoms with Crippen LogP contribution in [0.5, 0.6) is 0 Å². The molecule has 0 radical (unpaired) electrons. The highest BCUT2D eigenvalue weighted by Crippen LogP contribution is 2.29. The average molecular weight is 411 g/mol. The van der Waals surface area contributed by atoms with Crippen molar-refractivity contribution in [2.45, 2.75) is 25.5 Å². The number of carbonyl (C=O) groups is 3. The number of amides is 2. The van der Waals surface area contributed by atoms with Crippen LogP contribution >= 0.6 is 11.8 Å². The van der Waals surface area contributed by atoms with E-state index in [1.807, 2.05) is 32.0 Å². The van der Waals surface area contributed by atoms with Crippen molar-refractivity contribution < 1.29 is 19.5 Å². The Hall–Kier alpha value is -3.13. The molecule has 1 fully saturated rings. The molecule has 8 heteroatoms. The third-order valence-corrected chi connectivity index (χ3v) is 5.89. The van der Waals surface area contributed by atoms with Gasteiger partial charge in [0.1, 0.15) is 5.25 Å². The monoisotopic (exact) mass is 411 g/mol. The van der Waals surface area contributed by atoms with Crippen molar-refractivity contribution in [1.29, 1.82) is 0 Å². The number of hydrogen-bond donors (Lipinski definition) is 2. The second-order valence-corrected chi connectivity index (χ2v) is 7.97. The molecule has 2 N–H and O–H groups in total. The zero-order valence-electron chi connectivity index (χ0n) is 16.3. The van der Waals surface area contributed by atoms with Gasteiger partial charge in [-0.2, -0.15) is 0 Å². The first kappa shape index (κ1) is 20.6. The minimum absolute atomic E-state index is 0.0393. The molecular formula is C21H21N3O4S. The second kappa shape index (κ2) is 8.48. The number of carboxylic acids is 1. The van der Waals surface area contributed by atoms with E-state index < -0.39 is 11.2 Å². The van der Waals surface area contributed by atoms with Crippen LogP contribution in [0, 0.1) is 13.8 Å². The molecule has 1 aliphatic heterocycles. The predicted molar refractivity (Wildman–Crippen MR) is 114 cm³/mol. The van der Waals surface area contributed by atoms with Crippen molar-refractivity contribution in [2.75, 3.05) is 12.4 Å². The average Bonchev–Trinajstić information content (AvgIpc) is 2.68. The fraction of sp³-hybridized carbons (Fsp3) is 0.238. The molecule has 0 saturated carbocycles. The minimum atomic E-state index is -1.08. The van der Waals surface area contributed by atoms with E-state index >= 15 is 0 Å². The van der Waals surface area contributed by atoms with Crippen molar-refractivity contribution in [3.05, 3.63) is 59.2 Å². The molecular weight excluding hydrogens is 390 g/mol. The Bertz CT molecular complexity index is 1020. The Morgan fingerprint density at radius 1 is 1.17 bits per heavy atom. The summed E-state index contributed by atoms with van der Waals surface area (Å²) >= 11 is 1.21. The zero-order valence-corrected chi connectivity index (χ0v) is 17.1. The number of nitrogens with zero attached hydrogens (tertiary/aromatic N) is 2. The molecule has 1 unspecified atom stereocenters. The van der Waals surface area contributed by atoms with Gasteiger partial charge in [0, 0.05) is 19.2 Å². The Balaban J connectivity index is 1.79. The fourth-order valence-electron chi connectivity index (χ4n) is 2.76. The van der Waals surface area contributed by atoms with Gasteiger partial charge in [-0.05, 0) is 55.3 Å². The van der Waals surface area contributed by atoms with Crippen LogP contribution in [-0.4, -0.2) is 45.3 Å². The van der Waals surface area contributed by atoms with E-state index in [0.29, 0.717) is 16.5 Å². The van der Waals surface area contributed by atoms with Crippen molar-refractivity contribution in [3.63, 3.8) is 0 Å². The molecule has 0 aromatic heterocycles. The van der Waals surface area contributed by atoms with Gasteiger partial charge in [0.05, 0.1) is 11.3 Å². The molecule has 1 aliphatic rings. The second-order valence-electron chi connectivity index (χ2n) is 6.80. The summed E-state index contributed by atoms with van der Waals surface area (Å²) in [7, 11) is 1.64. The van der Waals surface area contributed by atoms with E-state index in [9.17, 15) is 14.4 Å². The standard InChI is InChI=1S/C21H21N3O4S/c1-12-7-8-16(9-13(12)2)23-21-24(3)18(25)11-17(29-21)19(26)22-15-6-4-5-14(10-15)20(27)28/h4-10,17H,11H2,1-3H3,(H,22,26)(H,27,28). The smallest absolute Gasteiger partial charge is 0.335 e. The number of aryl methyl sites for hydroxylation is 2. The molecule has 2 aromatic rings. The molecule has 7 nitrogen and oxygen atoms in total. The van der Waals surface area contributed by atoms with Gasteiger partial charge in [-0.25, -0.2) is 9.79 Å². The summed E-state index contributed by atoms with van der Waals surface area (Å²) in [6, 6.07) is 11.8. The number of thioether (sulfide) groups is 1. The Morgan fingerprint density at radius 3 is 2.62 bits per heavy atom. The number of carboxylic acid groups (broad SMARTS) is 1. The van der Waals surface area contributed by atoms with Crippen LogP contribution in [0.4, 0.5) is 11.4 Å². The zero-order chi connectivity index (χ0) is 21.1. The van der Waals surface area contributed by atoms with Gasteiger partial charge < -0.3 is 10.4 Å². The molecule has 29 heavy (non-hydrogen) atoms. The van der Waals surface area contributed by atoms with E-state index in [0.717, 1.165) is 11.1 Å². The van der Waals surface area contributed by atoms with Crippen molar-refractivity contribution in [1.82, 2.24) is 4.90 Å². The van der Waals surface area contributed by atoms with E-state index in [1.54, 1.807) is 19.2 Å². The highest BCUT2D eigenvalue weighted by Gasteiger charge is 2.34. The largest absolute Gasteiger partial charge is 0.478 e. The number of nitrogens with one attached hydrogen (secondary N) is 1. The number of aliphatic imine (C=N–C) groups is 1. The summed E-state index contributed by atoms with van der Waals surface area (Å²) in [5.74, 6) is -1.65. The lowest BCUT2D eigenvalue weighted by Crippen LogP contribution is -2.43. The van der Waals surface area contributed by atoms with Crippen LogP contribution in [0.3, 0.4) is 0 Å². The molecule has 2 aromatic carbocycles. The molecule has 0 bridgehead atoms. The maximum Gasteiger partial charge on any atom is 0.335 e. The molecule has 1 heterocycles. The molecule has 2 amide bonds. The number of aromatic carboxylic acids is 1. The van der Waals surface area contributed by atoms with Gasteiger partial charge in [0.2, 0.25) is 11.8 Å². The maximum absolute atomic E-state index is 12.7. The molecule has 0 spiro atoms. The summed E-state index contributed by atoms with van der Waals surface area (Å²) in [6.45, 7) is 4.00. The van der Waals surface area contributed by atoms with Gasteiger partial charge in [-0.1, -0.05) is 23.9 Å². The van der Waals surface area contributed by atoms with Crippen LogP contribution in [0.15, 0.2) is 47.5 Å². The molecule has 0 aliphatic carbocycles. The normalized spacial score (nSPS) is 18.0. The summed E-state index contributed by atoms with van der Waals surface area (Å²) in [5, 5.41) is 11.6. The van der Waals surface area contributed by atoms with Crippen LogP contribution in [0.2, 0.25) is 0 Å². The first-order chi connectivity index (χ1) is 13.7. The third-order valence-electron chi connectivity index (χ3n) is 4.65. The van der Waals surface area contributed by atoms with Gasteiger partial charge >= 0.3 is 5.97 Å². The van der Waals surface area contributed by atoms with Crippen molar-refractivity contribution in [3.8, 4) is 0 Å². The van der Waals surface area contributed by atoms with Gasteiger partial charge in [0.15, 0.2) is 5.17 Å². The van der Waals surface area contributed by atoms with E-state index in [1.165, 1.54) is 28.8 Å². The highest BCUT2D eigenvalue weighted by molar-refractivity contribution is 8.15. The number of benzene rings is 2. The summed E-state index contributed by atoms with van der Waals surface area (Å²) in [4.78, 5) is 42.2. The number of anilines is 1. The van der Waals surface area contributed by atoms with Gasteiger partial charge in [0.25, 0.3) is 0 Å². The van der Waals surface area contributed by atoms with Crippen molar-refractivity contribution in [2.24, 2.45) is 4.99 Å². The Labute approximate surface area is 172 Å². The molecule has 150 valence electrons. The first-order valence-corrected chi connectivity index (χ1v) is 9.86. The van der Waals surface area contributed by atoms with E-state index in [-0.39, 0.29) is 23.8 Å². The van der Waals surface area contributed by atoms with E-state index in [4.69, 9.17) is 5.11 Å². The number of hydrogen-bond acceptors (Lipinski definition) is 5. The lowest BCUT2D eigenvalue weighted by molar-refractivity contribution is -0.128. The summed E-state index contributed by atoms with van der Waals surface area (Å²) in [5.41, 5.74) is 3.40. The van der Waals surface area contributed by atoms with Crippen LogP contribution in [-0.2, 0) is 9.59 Å². The van der Waals surface area contributed by atoms with Gasteiger partial charge in [-0.15, -0.1) is 0 Å². The van der Waals surface area contributed by atoms with Crippen LogP contribution in [0.1, 0.15) is 27.9 Å². The minimum Gasteiger partial charge on any atom is -0.478 e. The predicted octanol–water partition coefficient (Wildman–Crippen LogP) is 3.59. The van der Waals surface area contributed by atoms with Crippen molar-refractivity contribution >= 4 is 46.1 Å². The highest BCUT2D eigenvalue weighted by atomic mass is 32.2. The number of amidine groups is 1. The van der Waals surface area contributed by atoms with E-state index in [2.05, 4.69) is 10.3 Å². The fourth-order valence-corrected chi connectivity index (χ4v) is 3.82. The van der Waals surface area contributed by atoms with Gasteiger partial charge in [-0.3, -0.25) is 14.5 Å². The SMILES string of the molecule is Cc1ccc(N=C2SC(C(=O)Nc3cccc(C(=O)O)c3)CC(=O)N2C)cc1C.